The molecule has 3 nitrogen and oxygen atoms in total. The van der Waals surface area contributed by atoms with Gasteiger partial charge in [0.25, 0.3) is 0 Å². The fraction of sp³-hybridized carbons (Fsp3) is 0.500. The standard InChI is InChI=1S/C14H19FN2O/c1-10(17-9-14(2,3)8-16)12-6-5-11(18-4)7-13(12)15/h5-7,10,17H,9H2,1-4H3. The first-order valence-electron chi connectivity index (χ1n) is 5.87. The highest BCUT2D eigenvalue weighted by atomic mass is 19.1. The molecule has 1 N–H and O–H groups in total. The lowest BCUT2D eigenvalue weighted by Gasteiger charge is -2.21. The lowest BCUT2D eigenvalue weighted by Crippen LogP contribution is -2.30. The van der Waals surface area contributed by atoms with Crippen molar-refractivity contribution in [2.75, 3.05) is 13.7 Å². The van der Waals surface area contributed by atoms with Gasteiger partial charge in [-0.15, -0.1) is 0 Å². The molecule has 0 bridgehead atoms. The zero-order chi connectivity index (χ0) is 13.8. The summed E-state index contributed by atoms with van der Waals surface area (Å²) < 4.78 is 18.8. The fourth-order valence-electron chi connectivity index (χ4n) is 1.54. The molecule has 0 aliphatic rings. The minimum Gasteiger partial charge on any atom is -0.497 e. The molecular formula is C14H19FN2O. The second kappa shape index (κ2) is 5.83. The summed E-state index contributed by atoms with van der Waals surface area (Å²) in [5, 5.41) is 12.1. The minimum absolute atomic E-state index is 0.150. The number of halogens is 1. The molecule has 0 aromatic heterocycles. The molecule has 1 aromatic rings. The van der Waals surface area contributed by atoms with E-state index in [1.54, 1.807) is 12.1 Å². The van der Waals surface area contributed by atoms with E-state index in [9.17, 15) is 4.39 Å². The van der Waals surface area contributed by atoms with Crippen molar-refractivity contribution < 1.29 is 9.13 Å². The van der Waals surface area contributed by atoms with Crippen LogP contribution in [0.1, 0.15) is 32.4 Å². The summed E-state index contributed by atoms with van der Waals surface area (Å²) in [6.07, 6.45) is 0. The van der Waals surface area contributed by atoms with Crippen LogP contribution in [0.4, 0.5) is 4.39 Å². The molecule has 0 amide bonds. The van der Waals surface area contributed by atoms with E-state index in [-0.39, 0.29) is 11.9 Å². The average molecular weight is 250 g/mol. The van der Waals surface area contributed by atoms with Gasteiger partial charge < -0.3 is 10.1 Å². The Morgan fingerprint density at radius 3 is 2.67 bits per heavy atom. The Bertz CT molecular complexity index is 452. The maximum Gasteiger partial charge on any atom is 0.131 e. The smallest absolute Gasteiger partial charge is 0.131 e. The van der Waals surface area contributed by atoms with Gasteiger partial charge in [0.2, 0.25) is 0 Å². The van der Waals surface area contributed by atoms with E-state index in [0.717, 1.165) is 0 Å². The molecule has 0 fully saturated rings. The average Bonchev–Trinajstić information content (AvgIpc) is 2.36. The van der Waals surface area contributed by atoms with Crippen molar-refractivity contribution in [2.45, 2.75) is 26.8 Å². The Morgan fingerprint density at radius 1 is 1.50 bits per heavy atom. The number of nitriles is 1. The number of hydrogen-bond acceptors (Lipinski definition) is 3. The van der Waals surface area contributed by atoms with Crippen molar-refractivity contribution in [2.24, 2.45) is 5.41 Å². The van der Waals surface area contributed by atoms with E-state index in [4.69, 9.17) is 10.00 Å². The molecule has 1 rings (SSSR count). The Labute approximate surface area is 108 Å². The summed E-state index contributed by atoms with van der Waals surface area (Å²) in [7, 11) is 1.51. The molecule has 0 saturated heterocycles. The quantitative estimate of drug-likeness (QED) is 0.873. The third kappa shape index (κ3) is 3.71. The van der Waals surface area contributed by atoms with Crippen LogP contribution in [-0.4, -0.2) is 13.7 Å². The van der Waals surface area contributed by atoms with Crippen molar-refractivity contribution in [1.82, 2.24) is 5.32 Å². The summed E-state index contributed by atoms with van der Waals surface area (Å²) in [4.78, 5) is 0. The molecule has 1 aromatic carbocycles. The van der Waals surface area contributed by atoms with Gasteiger partial charge >= 0.3 is 0 Å². The second-order valence-corrected chi connectivity index (χ2v) is 4.99. The van der Waals surface area contributed by atoms with Crippen LogP contribution in [0.15, 0.2) is 18.2 Å². The van der Waals surface area contributed by atoms with Gasteiger partial charge in [-0.25, -0.2) is 4.39 Å². The maximum atomic E-state index is 13.8. The van der Waals surface area contributed by atoms with Crippen LogP contribution in [0.25, 0.3) is 0 Å². The van der Waals surface area contributed by atoms with Gasteiger partial charge in [-0.3, -0.25) is 0 Å². The van der Waals surface area contributed by atoms with Crippen molar-refractivity contribution in [3.63, 3.8) is 0 Å². The van der Waals surface area contributed by atoms with Gasteiger partial charge in [0.15, 0.2) is 0 Å². The molecule has 0 aliphatic heterocycles. The highest BCUT2D eigenvalue weighted by Crippen LogP contribution is 2.22. The van der Waals surface area contributed by atoms with Crippen molar-refractivity contribution in [1.29, 1.82) is 5.26 Å². The monoisotopic (exact) mass is 250 g/mol. The Balaban J connectivity index is 2.73. The van der Waals surface area contributed by atoms with E-state index in [1.807, 2.05) is 20.8 Å². The predicted octanol–water partition coefficient (Wildman–Crippen LogP) is 3.03. The highest BCUT2D eigenvalue weighted by Gasteiger charge is 2.19. The van der Waals surface area contributed by atoms with E-state index in [0.29, 0.717) is 17.9 Å². The molecule has 0 heterocycles. The topological polar surface area (TPSA) is 45.0 Å². The molecule has 0 spiro atoms. The molecule has 4 heteroatoms. The molecule has 0 saturated carbocycles. The van der Waals surface area contributed by atoms with E-state index in [2.05, 4.69) is 11.4 Å². The maximum absolute atomic E-state index is 13.8. The number of benzene rings is 1. The summed E-state index contributed by atoms with van der Waals surface area (Å²) in [5.41, 5.74) is 0.113. The van der Waals surface area contributed by atoms with E-state index in [1.165, 1.54) is 13.2 Å². The largest absolute Gasteiger partial charge is 0.497 e. The fourth-order valence-corrected chi connectivity index (χ4v) is 1.54. The third-order valence-electron chi connectivity index (χ3n) is 2.83. The first-order chi connectivity index (χ1) is 8.39. The normalized spacial score (nSPS) is 12.9. The number of nitrogens with one attached hydrogen (secondary N) is 1. The zero-order valence-corrected chi connectivity index (χ0v) is 11.2. The van der Waals surface area contributed by atoms with Crippen molar-refractivity contribution in [3.8, 4) is 11.8 Å². The van der Waals surface area contributed by atoms with Crippen LogP contribution in [0, 0.1) is 22.6 Å². The molecule has 0 aliphatic carbocycles. The van der Waals surface area contributed by atoms with Crippen molar-refractivity contribution in [3.05, 3.63) is 29.6 Å². The number of hydrogen-bond donors (Lipinski definition) is 1. The molecule has 0 radical (unpaired) electrons. The molecule has 1 unspecified atom stereocenters. The number of ether oxygens (including phenoxy) is 1. The third-order valence-corrected chi connectivity index (χ3v) is 2.83. The summed E-state index contributed by atoms with van der Waals surface area (Å²) in [6, 6.07) is 6.85. The van der Waals surface area contributed by atoms with Crippen LogP contribution >= 0.6 is 0 Å². The number of methoxy groups -OCH3 is 1. The zero-order valence-electron chi connectivity index (χ0n) is 11.2. The Kier molecular flexibility index (Phi) is 4.69. The van der Waals surface area contributed by atoms with Crippen LogP contribution < -0.4 is 10.1 Å². The van der Waals surface area contributed by atoms with Crippen LogP contribution in [0.5, 0.6) is 5.75 Å². The van der Waals surface area contributed by atoms with Gasteiger partial charge in [-0.05, 0) is 26.8 Å². The summed E-state index contributed by atoms with van der Waals surface area (Å²) >= 11 is 0. The van der Waals surface area contributed by atoms with E-state index >= 15 is 0 Å². The summed E-state index contributed by atoms with van der Waals surface area (Å²) in [5.74, 6) is 0.199. The lowest BCUT2D eigenvalue weighted by atomic mass is 9.95. The SMILES string of the molecule is COc1ccc(C(C)NCC(C)(C)C#N)c(F)c1. The predicted molar refractivity (Wildman–Crippen MR) is 68.8 cm³/mol. The first-order valence-corrected chi connectivity index (χ1v) is 5.87. The van der Waals surface area contributed by atoms with Crippen LogP contribution in [0.2, 0.25) is 0 Å². The van der Waals surface area contributed by atoms with Crippen molar-refractivity contribution >= 4 is 0 Å². The number of nitrogens with zero attached hydrogens (tertiary/aromatic N) is 1. The Hall–Kier alpha value is -1.60. The van der Waals surface area contributed by atoms with Gasteiger partial charge in [-0.2, -0.15) is 5.26 Å². The number of rotatable bonds is 5. The summed E-state index contributed by atoms with van der Waals surface area (Å²) in [6.45, 7) is 6.07. The molecule has 1 atom stereocenters. The molecular weight excluding hydrogens is 231 g/mol. The first kappa shape index (κ1) is 14.5. The highest BCUT2D eigenvalue weighted by molar-refractivity contribution is 5.30. The molecule has 98 valence electrons. The van der Waals surface area contributed by atoms with Crippen LogP contribution in [-0.2, 0) is 0 Å². The van der Waals surface area contributed by atoms with Gasteiger partial charge in [0.1, 0.15) is 11.6 Å². The lowest BCUT2D eigenvalue weighted by molar-refractivity contribution is 0.400. The molecule has 18 heavy (non-hydrogen) atoms. The minimum atomic E-state index is -0.461. The van der Waals surface area contributed by atoms with Crippen LogP contribution in [0.3, 0.4) is 0 Å². The van der Waals surface area contributed by atoms with E-state index < -0.39 is 5.41 Å². The van der Waals surface area contributed by atoms with Gasteiger partial charge in [-0.1, -0.05) is 6.07 Å². The van der Waals surface area contributed by atoms with Gasteiger partial charge in [0, 0.05) is 24.2 Å². The Morgan fingerprint density at radius 2 is 2.17 bits per heavy atom. The second-order valence-electron chi connectivity index (χ2n) is 4.99. The van der Waals surface area contributed by atoms with Gasteiger partial charge in [0.05, 0.1) is 18.6 Å².